The zero-order chi connectivity index (χ0) is 20.4. The molecule has 0 bridgehead atoms. The monoisotopic (exact) mass is 411 g/mol. The number of carbonyl (C=O) groups is 2. The minimum Gasteiger partial charge on any atom is -0.369 e. The predicted octanol–water partition coefficient (Wildman–Crippen LogP) is 3.14. The van der Waals surface area contributed by atoms with Crippen LogP contribution < -0.4 is 4.90 Å². The van der Waals surface area contributed by atoms with E-state index >= 15 is 0 Å². The van der Waals surface area contributed by atoms with E-state index < -0.39 is 0 Å². The number of rotatable bonds is 5. The molecule has 152 valence electrons. The van der Waals surface area contributed by atoms with E-state index in [4.69, 9.17) is 11.6 Å². The lowest BCUT2D eigenvalue weighted by Crippen LogP contribution is -2.52. The van der Waals surface area contributed by atoms with Gasteiger partial charge < -0.3 is 4.90 Å². The lowest BCUT2D eigenvalue weighted by molar-refractivity contribution is -0.139. The highest BCUT2D eigenvalue weighted by atomic mass is 35.5. The first-order valence-electron chi connectivity index (χ1n) is 10.2. The number of aryl methyl sites for hydroxylation is 1. The van der Waals surface area contributed by atoms with Crippen molar-refractivity contribution in [3.8, 4) is 0 Å². The number of piperazine rings is 1. The summed E-state index contributed by atoms with van der Waals surface area (Å²) in [4.78, 5) is 31.3. The number of hydrogen-bond acceptors (Lipinski definition) is 4. The quantitative estimate of drug-likeness (QED) is 0.709. The van der Waals surface area contributed by atoms with E-state index in [1.54, 1.807) is 0 Å². The third-order valence-electron chi connectivity index (χ3n) is 5.95. The fraction of sp³-hybridized carbons (Fsp3) is 0.391. The smallest absolute Gasteiger partial charge is 0.247 e. The van der Waals surface area contributed by atoms with Gasteiger partial charge in [-0.3, -0.25) is 19.4 Å². The van der Waals surface area contributed by atoms with Gasteiger partial charge in [-0.05, 0) is 36.6 Å². The molecule has 2 heterocycles. The van der Waals surface area contributed by atoms with Crippen molar-refractivity contribution in [2.24, 2.45) is 0 Å². The first-order valence-corrected chi connectivity index (χ1v) is 10.5. The average Bonchev–Trinajstić information content (AvgIpc) is 3.03. The minimum absolute atomic E-state index is 0.0432. The van der Waals surface area contributed by atoms with Crippen LogP contribution in [-0.2, 0) is 16.0 Å². The van der Waals surface area contributed by atoms with Gasteiger partial charge in [0.2, 0.25) is 11.8 Å². The molecule has 29 heavy (non-hydrogen) atoms. The maximum Gasteiger partial charge on any atom is 0.247 e. The molecule has 0 spiro atoms. The Labute approximate surface area is 176 Å². The molecule has 2 aromatic carbocycles. The summed E-state index contributed by atoms with van der Waals surface area (Å²) in [6, 6.07) is 15.6. The lowest BCUT2D eigenvalue weighted by Gasteiger charge is -2.38. The zero-order valence-corrected chi connectivity index (χ0v) is 17.4. The third kappa shape index (κ3) is 4.31. The fourth-order valence-corrected chi connectivity index (χ4v) is 4.44. The predicted molar refractivity (Wildman–Crippen MR) is 115 cm³/mol. The first-order chi connectivity index (χ1) is 14.0. The van der Waals surface area contributed by atoms with Crippen molar-refractivity contribution >= 4 is 29.1 Å². The van der Waals surface area contributed by atoms with Gasteiger partial charge in [-0.15, -0.1) is 0 Å². The van der Waals surface area contributed by atoms with Crippen LogP contribution in [0.4, 0.5) is 5.69 Å². The molecular weight excluding hydrogens is 386 g/mol. The van der Waals surface area contributed by atoms with E-state index in [0.29, 0.717) is 19.4 Å². The van der Waals surface area contributed by atoms with Crippen molar-refractivity contribution in [1.82, 2.24) is 9.80 Å². The lowest BCUT2D eigenvalue weighted by atomic mass is 10.1. The molecule has 0 unspecified atom stereocenters. The summed E-state index contributed by atoms with van der Waals surface area (Å²) in [7, 11) is 0. The molecule has 2 aromatic rings. The second-order valence-corrected chi connectivity index (χ2v) is 8.23. The third-order valence-corrected chi connectivity index (χ3v) is 6.19. The van der Waals surface area contributed by atoms with E-state index in [0.717, 1.165) is 42.5 Å². The SMILES string of the molecule is Cc1ccc(Cl)cc1N1CCN([C@@H]2CC(=O)N(CCc3ccccc3)C2=O)CC1. The van der Waals surface area contributed by atoms with Crippen LogP contribution in [-0.4, -0.2) is 60.4 Å². The number of amides is 2. The van der Waals surface area contributed by atoms with Gasteiger partial charge in [0.15, 0.2) is 0 Å². The molecule has 0 aromatic heterocycles. The molecule has 5 nitrogen and oxygen atoms in total. The van der Waals surface area contributed by atoms with Crippen molar-refractivity contribution in [3.63, 3.8) is 0 Å². The molecule has 6 heteroatoms. The van der Waals surface area contributed by atoms with E-state index in [-0.39, 0.29) is 17.9 Å². The van der Waals surface area contributed by atoms with Crippen LogP contribution >= 0.6 is 11.6 Å². The largest absolute Gasteiger partial charge is 0.369 e. The molecule has 0 radical (unpaired) electrons. The molecule has 2 fully saturated rings. The summed E-state index contributed by atoms with van der Waals surface area (Å²) < 4.78 is 0. The highest BCUT2D eigenvalue weighted by molar-refractivity contribution is 6.30. The standard InChI is InChI=1S/C23H26ClN3O2/c1-17-7-8-19(24)15-20(17)25-11-13-26(14-12-25)21-16-22(28)27(23(21)29)10-9-18-5-3-2-4-6-18/h2-8,15,21H,9-14,16H2,1H3/t21-/m1/s1. The van der Waals surface area contributed by atoms with Crippen molar-refractivity contribution in [2.75, 3.05) is 37.6 Å². The molecule has 0 aliphatic carbocycles. The Morgan fingerprint density at radius 1 is 1.00 bits per heavy atom. The molecule has 2 amide bonds. The van der Waals surface area contributed by atoms with Gasteiger partial charge >= 0.3 is 0 Å². The van der Waals surface area contributed by atoms with Gasteiger partial charge in [0.05, 0.1) is 12.5 Å². The maximum absolute atomic E-state index is 12.9. The maximum atomic E-state index is 12.9. The highest BCUT2D eigenvalue weighted by Crippen LogP contribution is 2.27. The summed E-state index contributed by atoms with van der Waals surface area (Å²) >= 11 is 6.17. The number of nitrogens with zero attached hydrogens (tertiary/aromatic N) is 3. The van der Waals surface area contributed by atoms with Gasteiger partial charge in [0.1, 0.15) is 0 Å². The average molecular weight is 412 g/mol. The minimum atomic E-state index is -0.319. The Bertz CT molecular complexity index is 894. The van der Waals surface area contributed by atoms with Gasteiger partial charge in [-0.2, -0.15) is 0 Å². The van der Waals surface area contributed by atoms with Crippen LogP contribution in [0.2, 0.25) is 5.02 Å². The first kappa shape index (κ1) is 19.9. The molecular formula is C23H26ClN3O2. The zero-order valence-electron chi connectivity index (χ0n) is 16.7. The van der Waals surface area contributed by atoms with Crippen LogP contribution in [0.3, 0.4) is 0 Å². The summed E-state index contributed by atoms with van der Waals surface area (Å²) in [6.45, 7) is 5.72. The van der Waals surface area contributed by atoms with Crippen molar-refractivity contribution in [1.29, 1.82) is 0 Å². The Kier molecular flexibility index (Phi) is 5.88. The number of likely N-dealkylation sites (tertiary alicyclic amines) is 1. The Morgan fingerprint density at radius 3 is 2.45 bits per heavy atom. The van der Waals surface area contributed by atoms with Gasteiger partial charge in [0, 0.05) is 43.4 Å². The van der Waals surface area contributed by atoms with Crippen LogP contribution in [0, 0.1) is 6.92 Å². The number of hydrogen-bond donors (Lipinski definition) is 0. The molecule has 2 saturated heterocycles. The molecule has 2 aliphatic rings. The van der Waals surface area contributed by atoms with Crippen LogP contribution in [0.25, 0.3) is 0 Å². The summed E-state index contributed by atoms with van der Waals surface area (Å²) in [6.07, 6.45) is 0.997. The summed E-state index contributed by atoms with van der Waals surface area (Å²) in [5.41, 5.74) is 3.49. The molecule has 0 N–H and O–H groups in total. The van der Waals surface area contributed by atoms with Gasteiger partial charge in [0.25, 0.3) is 0 Å². The number of imide groups is 1. The van der Waals surface area contributed by atoms with Crippen LogP contribution in [0.1, 0.15) is 17.5 Å². The van der Waals surface area contributed by atoms with Crippen molar-refractivity contribution < 1.29 is 9.59 Å². The number of halogens is 1. The fourth-order valence-electron chi connectivity index (χ4n) is 4.27. The second kappa shape index (κ2) is 8.56. The van der Waals surface area contributed by atoms with E-state index in [9.17, 15) is 9.59 Å². The molecule has 0 saturated carbocycles. The van der Waals surface area contributed by atoms with Gasteiger partial charge in [-0.1, -0.05) is 48.0 Å². The van der Waals surface area contributed by atoms with E-state index in [2.05, 4.69) is 16.7 Å². The topological polar surface area (TPSA) is 43.9 Å². The van der Waals surface area contributed by atoms with E-state index in [1.165, 1.54) is 10.5 Å². The molecule has 2 aliphatic heterocycles. The summed E-state index contributed by atoms with van der Waals surface area (Å²) in [5.74, 6) is -0.0950. The Balaban J connectivity index is 1.35. The Morgan fingerprint density at radius 2 is 1.72 bits per heavy atom. The highest BCUT2D eigenvalue weighted by Gasteiger charge is 2.42. The Hall–Kier alpha value is -2.37. The molecule has 1 atom stereocenters. The van der Waals surface area contributed by atoms with Crippen molar-refractivity contribution in [3.05, 3.63) is 64.7 Å². The second-order valence-electron chi connectivity index (χ2n) is 7.79. The number of carbonyl (C=O) groups excluding carboxylic acids is 2. The van der Waals surface area contributed by atoms with Crippen LogP contribution in [0.15, 0.2) is 48.5 Å². The number of anilines is 1. The normalized spacial score (nSPS) is 20.6. The number of benzene rings is 2. The van der Waals surface area contributed by atoms with Crippen LogP contribution in [0.5, 0.6) is 0 Å². The molecule has 4 rings (SSSR count). The van der Waals surface area contributed by atoms with Crippen molar-refractivity contribution in [2.45, 2.75) is 25.8 Å². The summed E-state index contributed by atoms with van der Waals surface area (Å²) in [5, 5.41) is 0.735. The van der Waals surface area contributed by atoms with E-state index in [1.807, 2.05) is 48.5 Å². The van der Waals surface area contributed by atoms with Gasteiger partial charge in [-0.25, -0.2) is 0 Å².